The van der Waals surface area contributed by atoms with Crippen LogP contribution in [0.3, 0.4) is 0 Å². The van der Waals surface area contributed by atoms with Crippen molar-refractivity contribution in [3.8, 4) is 17.6 Å². The summed E-state index contributed by atoms with van der Waals surface area (Å²) in [5.41, 5.74) is 0.391. The molecule has 24 heavy (non-hydrogen) atoms. The molecule has 124 valence electrons. The van der Waals surface area contributed by atoms with E-state index in [4.69, 9.17) is 14.7 Å². The number of amides is 1. The average molecular weight is 409 g/mol. The molecule has 0 N–H and O–H groups in total. The zero-order valence-corrected chi connectivity index (χ0v) is 15.3. The number of rotatable bonds is 5. The predicted molar refractivity (Wildman–Crippen MR) is 92.3 cm³/mol. The fourth-order valence-corrected chi connectivity index (χ4v) is 3.24. The Morgan fingerprint density at radius 1 is 1.29 bits per heavy atom. The van der Waals surface area contributed by atoms with Crippen LogP contribution in [-0.2, 0) is 4.79 Å². The van der Waals surface area contributed by atoms with Crippen molar-refractivity contribution >= 4 is 39.1 Å². The molecule has 2 aromatic rings. The fourth-order valence-electron chi connectivity index (χ4n) is 1.86. The smallest absolute Gasteiger partial charge is 0.331 e. The summed E-state index contributed by atoms with van der Waals surface area (Å²) in [7, 11) is 2.94. The molecule has 1 aromatic carbocycles. The first-order chi connectivity index (χ1) is 11.4. The molecule has 0 spiro atoms. The summed E-state index contributed by atoms with van der Waals surface area (Å²) in [5, 5.41) is 8.86. The lowest BCUT2D eigenvalue weighted by Gasteiger charge is -2.16. The average Bonchev–Trinajstić information content (AvgIpc) is 3.00. The van der Waals surface area contributed by atoms with Crippen LogP contribution >= 0.6 is 27.3 Å². The summed E-state index contributed by atoms with van der Waals surface area (Å²) in [6, 6.07) is 9.90. The molecule has 0 saturated heterocycles. The van der Waals surface area contributed by atoms with Crippen LogP contribution in [0.15, 0.2) is 34.1 Å². The molecular formula is C16H13BrN2O4S. The number of thiophene rings is 1. The summed E-state index contributed by atoms with van der Waals surface area (Å²) in [5.74, 6) is -0.404. The third kappa shape index (κ3) is 4.34. The van der Waals surface area contributed by atoms with Crippen molar-refractivity contribution in [1.82, 2.24) is 4.90 Å². The van der Waals surface area contributed by atoms with Crippen LogP contribution in [0.25, 0.3) is 0 Å². The molecule has 0 radical (unpaired) electrons. The minimum Gasteiger partial charge on any atom is -0.493 e. The topological polar surface area (TPSA) is 79.6 Å². The van der Waals surface area contributed by atoms with Crippen molar-refractivity contribution in [2.45, 2.75) is 0 Å². The fraction of sp³-hybridized carbons (Fsp3) is 0.188. The van der Waals surface area contributed by atoms with Crippen LogP contribution in [-0.4, -0.2) is 37.5 Å². The van der Waals surface area contributed by atoms with Crippen molar-refractivity contribution < 1.29 is 19.1 Å². The second-order valence-corrected chi connectivity index (χ2v) is 7.18. The van der Waals surface area contributed by atoms with E-state index in [9.17, 15) is 9.59 Å². The number of halogens is 1. The number of likely N-dealkylation sites (N-methyl/N-ethyl adjacent to an activating group) is 1. The van der Waals surface area contributed by atoms with Crippen molar-refractivity contribution in [3.05, 3.63) is 44.6 Å². The summed E-state index contributed by atoms with van der Waals surface area (Å²) >= 11 is 4.58. The number of ether oxygens (including phenoxy) is 2. The number of benzene rings is 1. The highest BCUT2D eigenvalue weighted by Gasteiger charge is 2.19. The molecule has 0 aliphatic rings. The van der Waals surface area contributed by atoms with Gasteiger partial charge in [-0.25, -0.2) is 4.79 Å². The number of nitrogens with zero attached hydrogens (tertiary/aromatic N) is 2. The molecule has 8 heteroatoms. The molecule has 0 aliphatic carbocycles. The second kappa shape index (κ2) is 7.95. The molecule has 1 heterocycles. The first kappa shape index (κ1) is 18.0. The van der Waals surface area contributed by atoms with Gasteiger partial charge in [-0.05, 0) is 40.2 Å². The SMILES string of the molecule is COc1cc(C#N)ccc1OC(=O)CN(C)C(=O)c1ccc(Br)s1. The van der Waals surface area contributed by atoms with E-state index in [1.807, 2.05) is 6.07 Å². The Kier molecular flexibility index (Phi) is 5.95. The van der Waals surface area contributed by atoms with Gasteiger partial charge in [0.05, 0.1) is 27.4 Å². The summed E-state index contributed by atoms with van der Waals surface area (Å²) < 4.78 is 11.2. The maximum atomic E-state index is 12.2. The van der Waals surface area contributed by atoms with Crippen molar-refractivity contribution in [2.75, 3.05) is 20.7 Å². The van der Waals surface area contributed by atoms with E-state index in [1.165, 1.54) is 48.6 Å². The van der Waals surface area contributed by atoms with Gasteiger partial charge in [0.1, 0.15) is 6.54 Å². The number of nitriles is 1. The molecule has 0 aliphatic heterocycles. The lowest BCUT2D eigenvalue weighted by Crippen LogP contribution is -2.33. The van der Waals surface area contributed by atoms with E-state index in [0.29, 0.717) is 10.4 Å². The van der Waals surface area contributed by atoms with Gasteiger partial charge in [0.15, 0.2) is 11.5 Å². The van der Waals surface area contributed by atoms with E-state index in [0.717, 1.165) is 3.79 Å². The van der Waals surface area contributed by atoms with Gasteiger partial charge in [-0.3, -0.25) is 4.79 Å². The largest absolute Gasteiger partial charge is 0.493 e. The third-order valence-electron chi connectivity index (χ3n) is 3.01. The van der Waals surface area contributed by atoms with Crippen LogP contribution in [0.5, 0.6) is 11.5 Å². The molecule has 1 aromatic heterocycles. The summed E-state index contributed by atoms with van der Waals surface area (Å²) in [6.45, 7) is -0.211. The zero-order valence-electron chi connectivity index (χ0n) is 12.9. The number of methoxy groups -OCH3 is 1. The molecule has 1 amide bonds. The Labute approximate surface area is 151 Å². The molecular weight excluding hydrogens is 396 g/mol. The van der Waals surface area contributed by atoms with Gasteiger partial charge in [0.2, 0.25) is 0 Å². The second-order valence-electron chi connectivity index (χ2n) is 4.72. The number of carbonyl (C=O) groups is 2. The van der Waals surface area contributed by atoms with Gasteiger partial charge in [0, 0.05) is 13.1 Å². The van der Waals surface area contributed by atoms with Crippen LogP contribution < -0.4 is 9.47 Å². The summed E-state index contributed by atoms with van der Waals surface area (Å²) in [6.07, 6.45) is 0. The molecule has 0 atom stereocenters. The molecule has 0 fully saturated rings. The number of esters is 1. The molecule has 0 bridgehead atoms. The van der Waals surface area contributed by atoms with Crippen molar-refractivity contribution in [1.29, 1.82) is 5.26 Å². The van der Waals surface area contributed by atoms with Crippen LogP contribution in [0.2, 0.25) is 0 Å². The van der Waals surface area contributed by atoms with Gasteiger partial charge < -0.3 is 14.4 Å². The van der Waals surface area contributed by atoms with E-state index < -0.39 is 5.97 Å². The number of carbonyl (C=O) groups excluding carboxylic acids is 2. The van der Waals surface area contributed by atoms with Crippen LogP contribution in [0.4, 0.5) is 0 Å². The first-order valence-corrected chi connectivity index (χ1v) is 8.35. The Balaban J connectivity index is 2.03. The normalized spacial score (nSPS) is 9.92. The van der Waals surface area contributed by atoms with Gasteiger partial charge in [-0.2, -0.15) is 5.26 Å². The number of hydrogen-bond donors (Lipinski definition) is 0. The van der Waals surface area contributed by atoms with Crippen LogP contribution in [0.1, 0.15) is 15.2 Å². The Hall–Kier alpha value is -2.37. The van der Waals surface area contributed by atoms with Gasteiger partial charge in [0.25, 0.3) is 5.91 Å². The lowest BCUT2D eigenvalue weighted by molar-refractivity contribution is -0.134. The highest BCUT2D eigenvalue weighted by atomic mass is 79.9. The standard InChI is InChI=1S/C16H13BrN2O4S/c1-19(16(21)13-5-6-14(17)24-13)9-15(20)23-11-4-3-10(8-18)7-12(11)22-2/h3-7H,9H2,1-2H3. The Morgan fingerprint density at radius 2 is 2.04 bits per heavy atom. The van der Waals surface area contributed by atoms with E-state index in [2.05, 4.69) is 15.9 Å². The molecule has 0 saturated carbocycles. The van der Waals surface area contributed by atoms with Gasteiger partial charge >= 0.3 is 5.97 Å². The highest BCUT2D eigenvalue weighted by molar-refractivity contribution is 9.11. The Morgan fingerprint density at radius 3 is 2.62 bits per heavy atom. The van der Waals surface area contributed by atoms with E-state index in [-0.39, 0.29) is 24.0 Å². The third-order valence-corrected chi connectivity index (χ3v) is 4.63. The molecule has 6 nitrogen and oxygen atoms in total. The minimum absolute atomic E-state index is 0.196. The van der Waals surface area contributed by atoms with Crippen molar-refractivity contribution in [3.63, 3.8) is 0 Å². The first-order valence-electron chi connectivity index (χ1n) is 6.74. The monoisotopic (exact) mass is 408 g/mol. The lowest BCUT2D eigenvalue weighted by atomic mass is 10.2. The quantitative estimate of drug-likeness (QED) is 0.560. The predicted octanol–water partition coefficient (Wildman–Crippen LogP) is 3.07. The maximum Gasteiger partial charge on any atom is 0.331 e. The molecule has 2 rings (SSSR count). The Bertz CT molecular complexity index is 813. The van der Waals surface area contributed by atoms with Crippen LogP contribution in [0, 0.1) is 11.3 Å². The van der Waals surface area contributed by atoms with Gasteiger partial charge in [-0.1, -0.05) is 0 Å². The highest BCUT2D eigenvalue weighted by Crippen LogP contribution is 2.28. The summed E-state index contributed by atoms with van der Waals surface area (Å²) in [4.78, 5) is 26.0. The van der Waals surface area contributed by atoms with E-state index in [1.54, 1.807) is 12.1 Å². The maximum absolute atomic E-state index is 12.2. The molecule has 0 unspecified atom stereocenters. The van der Waals surface area contributed by atoms with Gasteiger partial charge in [-0.15, -0.1) is 11.3 Å². The number of hydrogen-bond acceptors (Lipinski definition) is 6. The van der Waals surface area contributed by atoms with E-state index >= 15 is 0 Å². The van der Waals surface area contributed by atoms with Crippen molar-refractivity contribution in [2.24, 2.45) is 0 Å². The minimum atomic E-state index is -0.607. The zero-order chi connectivity index (χ0) is 17.7.